The molecule has 7 heteroatoms. The summed E-state index contributed by atoms with van der Waals surface area (Å²) in [5.41, 5.74) is 6.22. The van der Waals surface area contributed by atoms with Crippen LogP contribution < -0.4 is 16.4 Å². The quantitative estimate of drug-likeness (QED) is 0.513. The molecule has 31 heavy (non-hydrogen) atoms. The van der Waals surface area contributed by atoms with E-state index in [0.29, 0.717) is 24.0 Å². The Morgan fingerprint density at radius 1 is 1.32 bits per heavy atom. The first-order valence-corrected chi connectivity index (χ1v) is 11.2. The lowest BCUT2D eigenvalue weighted by Crippen LogP contribution is -2.36. The topological polar surface area (TPSA) is 66.2 Å². The van der Waals surface area contributed by atoms with E-state index in [1.54, 1.807) is 33.2 Å². The molecule has 4 N–H and O–H groups in total. The largest absolute Gasteiger partial charge is 0.383 e. The van der Waals surface area contributed by atoms with Crippen LogP contribution in [-0.2, 0) is 0 Å². The normalized spacial score (nSPS) is 18.5. The van der Waals surface area contributed by atoms with E-state index in [2.05, 4.69) is 29.5 Å². The second-order valence-corrected chi connectivity index (χ2v) is 8.63. The van der Waals surface area contributed by atoms with Gasteiger partial charge in [0, 0.05) is 30.9 Å². The van der Waals surface area contributed by atoms with Crippen molar-refractivity contribution in [1.29, 1.82) is 0 Å². The molecule has 1 aliphatic rings. The summed E-state index contributed by atoms with van der Waals surface area (Å²) in [6, 6.07) is 3.83. The third kappa shape index (κ3) is 8.57. The molecular formula is C24H41F2N5. The van der Waals surface area contributed by atoms with Crippen LogP contribution in [0.5, 0.6) is 0 Å². The number of nitrogen functional groups attached to an aromatic ring is 1. The van der Waals surface area contributed by atoms with E-state index in [4.69, 9.17) is 5.73 Å². The molecule has 0 aliphatic carbocycles. The molecule has 1 aromatic rings. The lowest BCUT2D eigenvalue weighted by atomic mass is 9.99. The van der Waals surface area contributed by atoms with Gasteiger partial charge >= 0.3 is 0 Å². The van der Waals surface area contributed by atoms with Gasteiger partial charge in [0.05, 0.1) is 11.7 Å². The number of hydrogen-bond acceptors (Lipinski definition) is 5. The number of hydrogen-bond donors (Lipinski definition) is 3. The van der Waals surface area contributed by atoms with Crippen LogP contribution in [0.2, 0.25) is 0 Å². The SMILES string of the molecule is CCCNC(CC)CC(C)(C)F.CNC(C1=C(F)C=CC(C)N1C)c1cccnc1N. The summed E-state index contributed by atoms with van der Waals surface area (Å²) >= 11 is 0. The van der Waals surface area contributed by atoms with Gasteiger partial charge in [-0.25, -0.2) is 13.8 Å². The van der Waals surface area contributed by atoms with Crippen LogP contribution in [0, 0.1) is 0 Å². The highest BCUT2D eigenvalue weighted by Gasteiger charge is 2.28. The molecule has 3 atom stereocenters. The number of halogens is 2. The van der Waals surface area contributed by atoms with Gasteiger partial charge in [0.15, 0.2) is 0 Å². The number of allylic oxidation sites excluding steroid dienone is 2. The first-order valence-electron chi connectivity index (χ1n) is 11.2. The molecule has 0 aromatic carbocycles. The second kappa shape index (κ2) is 12.8. The van der Waals surface area contributed by atoms with Crippen LogP contribution >= 0.6 is 0 Å². The van der Waals surface area contributed by atoms with E-state index in [1.165, 1.54) is 6.08 Å². The van der Waals surface area contributed by atoms with Gasteiger partial charge in [0.1, 0.15) is 17.3 Å². The number of nitrogens with one attached hydrogen (secondary N) is 2. The highest BCUT2D eigenvalue weighted by atomic mass is 19.1. The Labute approximate surface area is 187 Å². The van der Waals surface area contributed by atoms with Crippen molar-refractivity contribution in [2.24, 2.45) is 0 Å². The maximum Gasteiger partial charge on any atom is 0.144 e. The van der Waals surface area contributed by atoms with E-state index in [0.717, 1.165) is 24.9 Å². The standard InChI is InChI=1S/C14H19FN4.C10H22FN/c1-9-6-7-11(15)13(19(9)3)12(17-2)10-5-4-8-18-14(10)16;1-5-7-12-9(6-2)8-10(3,4)11/h4-9,12,17H,1-3H3,(H2,16,18);9,12H,5-8H2,1-4H3. The van der Waals surface area contributed by atoms with Gasteiger partial charge < -0.3 is 21.3 Å². The molecule has 0 spiro atoms. The summed E-state index contributed by atoms with van der Waals surface area (Å²) in [5, 5.41) is 6.45. The molecule has 1 aliphatic heterocycles. The van der Waals surface area contributed by atoms with Crippen LogP contribution in [0.15, 0.2) is 42.0 Å². The molecule has 0 saturated heterocycles. The van der Waals surface area contributed by atoms with Gasteiger partial charge in [0.25, 0.3) is 0 Å². The maximum atomic E-state index is 14.2. The van der Waals surface area contributed by atoms with E-state index >= 15 is 0 Å². The van der Waals surface area contributed by atoms with Gasteiger partial charge in [-0.3, -0.25) is 0 Å². The van der Waals surface area contributed by atoms with Crippen molar-refractivity contribution in [3.63, 3.8) is 0 Å². The van der Waals surface area contributed by atoms with Gasteiger partial charge in [-0.05, 0) is 65.8 Å². The number of alkyl halides is 1. The van der Waals surface area contributed by atoms with E-state index in [1.807, 2.05) is 31.0 Å². The fourth-order valence-corrected chi connectivity index (χ4v) is 3.58. The first kappa shape index (κ1) is 27.0. The molecule has 0 bridgehead atoms. The fraction of sp³-hybridized carbons (Fsp3) is 0.625. The average molecular weight is 438 g/mol. The number of nitrogens with two attached hydrogens (primary N) is 1. The van der Waals surface area contributed by atoms with Crippen LogP contribution in [0.1, 0.15) is 65.5 Å². The highest BCUT2D eigenvalue weighted by Crippen LogP contribution is 2.33. The molecule has 2 rings (SSSR count). The van der Waals surface area contributed by atoms with Crippen molar-refractivity contribution in [2.75, 3.05) is 26.4 Å². The molecule has 2 heterocycles. The van der Waals surface area contributed by atoms with Crippen molar-refractivity contribution in [3.05, 3.63) is 47.6 Å². The van der Waals surface area contributed by atoms with Crippen molar-refractivity contribution >= 4 is 5.82 Å². The molecule has 3 unspecified atom stereocenters. The Bertz CT molecular complexity index is 727. The van der Waals surface area contributed by atoms with Crippen LogP contribution in [0.4, 0.5) is 14.6 Å². The number of aromatic nitrogens is 1. The molecular weight excluding hydrogens is 396 g/mol. The Morgan fingerprint density at radius 3 is 2.52 bits per heavy atom. The Hall–Kier alpha value is -1.99. The summed E-state index contributed by atoms with van der Waals surface area (Å²) in [6.07, 6.45) is 7.71. The third-order valence-corrected chi connectivity index (χ3v) is 5.41. The lowest BCUT2D eigenvalue weighted by Gasteiger charge is -2.35. The lowest BCUT2D eigenvalue weighted by molar-refractivity contribution is 0.176. The van der Waals surface area contributed by atoms with Gasteiger partial charge in [-0.1, -0.05) is 26.0 Å². The Balaban J connectivity index is 0.000000348. The predicted octanol–water partition coefficient (Wildman–Crippen LogP) is 4.90. The fourth-order valence-electron chi connectivity index (χ4n) is 3.58. The minimum absolute atomic E-state index is 0.142. The van der Waals surface area contributed by atoms with Gasteiger partial charge in [-0.2, -0.15) is 0 Å². The zero-order valence-electron chi connectivity index (χ0n) is 20.2. The summed E-state index contributed by atoms with van der Waals surface area (Å²) in [7, 11) is 3.66. The molecule has 0 radical (unpaired) electrons. The monoisotopic (exact) mass is 437 g/mol. The summed E-state index contributed by atoms with van der Waals surface area (Å²) in [5.74, 6) is 0.168. The number of rotatable bonds is 9. The van der Waals surface area contributed by atoms with Crippen molar-refractivity contribution in [1.82, 2.24) is 20.5 Å². The van der Waals surface area contributed by atoms with Gasteiger partial charge in [-0.15, -0.1) is 0 Å². The molecule has 0 fully saturated rings. The molecule has 0 saturated carbocycles. The van der Waals surface area contributed by atoms with E-state index in [-0.39, 0.29) is 17.9 Å². The van der Waals surface area contributed by atoms with Crippen LogP contribution in [-0.4, -0.2) is 48.3 Å². The Morgan fingerprint density at radius 2 is 2.00 bits per heavy atom. The smallest absolute Gasteiger partial charge is 0.144 e. The van der Waals surface area contributed by atoms with Crippen molar-refractivity contribution in [2.45, 2.75) is 77.7 Å². The van der Waals surface area contributed by atoms with Crippen molar-refractivity contribution in [3.8, 4) is 0 Å². The zero-order valence-corrected chi connectivity index (χ0v) is 20.2. The average Bonchev–Trinajstić information content (AvgIpc) is 2.72. The third-order valence-electron chi connectivity index (χ3n) is 5.41. The summed E-state index contributed by atoms with van der Waals surface area (Å²) < 4.78 is 27.4. The number of pyridine rings is 1. The second-order valence-electron chi connectivity index (χ2n) is 8.63. The Kier molecular flexibility index (Phi) is 11.1. The van der Waals surface area contributed by atoms with Crippen LogP contribution in [0.3, 0.4) is 0 Å². The molecule has 5 nitrogen and oxygen atoms in total. The number of nitrogens with zero attached hydrogens (tertiary/aromatic N) is 2. The zero-order chi connectivity index (χ0) is 23.6. The maximum absolute atomic E-state index is 14.2. The number of anilines is 1. The minimum Gasteiger partial charge on any atom is -0.383 e. The van der Waals surface area contributed by atoms with E-state index < -0.39 is 5.67 Å². The highest BCUT2D eigenvalue weighted by molar-refractivity contribution is 5.46. The number of likely N-dealkylation sites (N-methyl/N-ethyl adjacent to an activating group) is 2. The van der Waals surface area contributed by atoms with Crippen LogP contribution in [0.25, 0.3) is 0 Å². The summed E-state index contributed by atoms with van der Waals surface area (Å²) in [6.45, 7) is 10.5. The van der Waals surface area contributed by atoms with Crippen molar-refractivity contribution < 1.29 is 8.78 Å². The predicted molar refractivity (Wildman–Crippen MR) is 127 cm³/mol. The minimum atomic E-state index is -1.04. The molecule has 1 aromatic heterocycles. The molecule has 0 amide bonds. The first-order chi connectivity index (χ1) is 14.6. The van der Waals surface area contributed by atoms with E-state index in [9.17, 15) is 8.78 Å². The molecule has 176 valence electrons. The van der Waals surface area contributed by atoms with Gasteiger partial charge in [0.2, 0.25) is 0 Å². The summed E-state index contributed by atoms with van der Waals surface area (Å²) in [4.78, 5) is 5.97.